The highest BCUT2D eigenvalue weighted by Gasteiger charge is 2.29. The molecule has 32 heavy (non-hydrogen) atoms. The summed E-state index contributed by atoms with van der Waals surface area (Å²) in [5.41, 5.74) is 3.25. The minimum atomic E-state index is -3.36. The molecule has 0 aliphatic carbocycles. The van der Waals surface area contributed by atoms with Crippen molar-refractivity contribution in [2.24, 2.45) is 4.99 Å². The van der Waals surface area contributed by atoms with Gasteiger partial charge in [-0.1, -0.05) is 48.5 Å². The number of hydrogen-bond acceptors (Lipinski definition) is 4. The van der Waals surface area contributed by atoms with Crippen LogP contribution in [0.2, 0.25) is 0 Å². The van der Waals surface area contributed by atoms with Crippen molar-refractivity contribution in [1.29, 1.82) is 0 Å². The number of guanidine groups is 1. The minimum absolute atomic E-state index is 0. The first-order valence-corrected chi connectivity index (χ1v) is 12.5. The summed E-state index contributed by atoms with van der Waals surface area (Å²) in [7, 11) is -1.61. The molecule has 4 rings (SSSR count). The molecule has 174 valence electrons. The fourth-order valence-corrected chi connectivity index (χ4v) is 5.72. The number of fused-ring (bicyclic) bond motifs is 1. The first kappa shape index (κ1) is 24.8. The van der Waals surface area contributed by atoms with E-state index in [9.17, 15) is 8.42 Å². The highest BCUT2D eigenvalue weighted by Crippen LogP contribution is 2.29. The predicted molar refractivity (Wildman–Crippen MR) is 141 cm³/mol. The van der Waals surface area contributed by atoms with Crippen LogP contribution in [-0.4, -0.2) is 76.2 Å². The first-order valence-electron chi connectivity index (χ1n) is 10.9. The summed E-state index contributed by atoms with van der Waals surface area (Å²) in [4.78, 5) is 9.02. The standard InChI is InChI=1S/C23H31N5O2S.HI/c1-24-23(27-16-14-26(15-17-27)19-20-7-3-2-4-8-20)25-12-18-31(29,30)28-13-11-21-9-5-6-10-22(21)28;/h2-10H,11-19H2,1H3,(H,24,25);1H. The second-order valence-electron chi connectivity index (χ2n) is 7.99. The van der Waals surface area contributed by atoms with Crippen LogP contribution in [0.1, 0.15) is 11.1 Å². The van der Waals surface area contributed by atoms with Gasteiger partial charge in [0.15, 0.2) is 5.96 Å². The van der Waals surface area contributed by atoms with E-state index in [0.29, 0.717) is 13.1 Å². The largest absolute Gasteiger partial charge is 0.355 e. The number of para-hydroxylation sites is 1. The van der Waals surface area contributed by atoms with E-state index in [2.05, 4.69) is 44.4 Å². The molecule has 0 bridgehead atoms. The maximum absolute atomic E-state index is 12.9. The van der Waals surface area contributed by atoms with Gasteiger partial charge < -0.3 is 10.2 Å². The Balaban J connectivity index is 0.00000289. The van der Waals surface area contributed by atoms with Gasteiger partial charge in [0.25, 0.3) is 0 Å². The number of hydrogen-bond donors (Lipinski definition) is 1. The van der Waals surface area contributed by atoms with Gasteiger partial charge in [0.1, 0.15) is 0 Å². The van der Waals surface area contributed by atoms with E-state index in [1.54, 1.807) is 11.4 Å². The highest BCUT2D eigenvalue weighted by atomic mass is 127. The quantitative estimate of drug-likeness (QED) is 0.329. The zero-order valence-corrected chi connectivity index (χ0v) is 21.6. The van der Waals surface area contributed by atoms with Crippen molar-refractivity contribution in [2.45, 2.75) is 13.0 Å². The number of nitrogens with one attached hydrogen (secondary N) is 1. The number of benzene rings is 2. The van der Waals surface area contributed by atoms with Gasteiger partial charge in [-0.15, -0.1) is 24.0 Å². The lowest BCUT2D eigenvalue weighted by molar-refractivity contribution is 0.172. The lowest BCUT2D eigenvalue weighted by atomic mass is 10.2. The van der Waals surface area contributed by atoms with Gasteiger partial charge >= 0.3 is 0 Å². The van der Waals surface area contributed by atoms with Crippen LogP contribution in [0.15, 0.2) is 59.6 Å². The molecular weight excluding hydrogens is 537 g/mol. The Kier molecular flexibility index (Phi) is 8.78. The Morgan fingerprint density at radius 1 is 0.969 bits per heavy atom. The molecule has 9 heteroatoms. The summed E-state index contributed by atoms with van der Waals surface area (Å²) < 4.78 is 27.3. The second kappa shape index (κ2) is 11.3. The minimum Gasteiger partial charge on any atom is -0.355 e. The molecule has 0 atom stereocenters. The third-order valence-electron chi connectivity index (χ3n) is 5.96. The lowest BCUT2D eigenvalue weighted by Crippen LogP contribution is -2.52. The molecule has 0 unspecified atom stereocenters. The molecule has 2 aromatic carbocycles. The smallest absolute Gasteiger partial charge is 0.236 e. The van der Waals surface area contributed by atoms with Crippen LogP contribution in [0.5, 0.6) is 0 Å². The van der Waals surface area contributed by atoms with Crippen LogP contribution >= 0.6 is 24.0 Å². The van der Waals surface area contributed by atoms with Gasteiger partial charge in [-0.2, -0.15) is 0 Å². The highest BCUT2D eigenvalue weighted by molar-refractivity contribution is 14.0. The van der Waals surface area contributed by atoms with Crippen LogP contribution in [0.25, 0.3) is 0 Å². The average molecular weight is 570 g/mol. The van der Waals surface area contributed by atoms with Crippen molar-refractivity contribution in [3.05, 3.63) is 65.7 Å². The molecule has 0 aromatic heterocycles. The number of anilines is 1. The van der Waals surface area contributed by atoms with Crippen molar-refractivity contribution >= 4 is 45.6 Å². The van der Waals surface area contributed by atoms with Gasteiger partial charge in [0, 0.05) is 52.9 Å². The molecule has 1 N–H and O–H groups in total. The lowest BCUT2D eigenvalue weighted by Gasteiger charge is -2.36. The number of nitrogens with zero attached hydrogens (tertiary/aromatic N) is 4. The van der Waals surface area contributed by atoms with Crippen LogP contribution in [0, 0.1) is 0 Å². The third-order valence-corrected chi connectivity index (χ3v) is 7.73. The summed E-state index contributed by atoms with van der Waals surface area (Å²) in [6, 6.07) is 18.3. The van der Waals surface area contributed by atoms with Gasteiger partial charge in [-0.05, 0) is 23.6 Å². The third kappa shape index (κ3) is 5.93. The van der Waals surface area contributed by atoms with Crippen LogP contribution in [0.4, 0.5) is 5.69 Å². The van der Waals surface area contributed by atoms with Crippen LogP contribution < -0.4 is 9.62 Å². The Labute approximate surface area is 208 Å². The van der Waals surface area contributed by atoms with Gasteiger partial charge in [-0.25, -0.2) is 8.42 Å². The van der Waals surface area contributed by atoms with Crippen LogP contribution in [-0.2, 0) is 23.0 Å². The van der Waals surface area contributed by atoms with Crippen molar-refractivity contribution < 1.29 is 8.42 Å². The molecule has 2 aliphatic heterocycles. The zero-order chi connectivity index (χ0) is 21.7. The van der Waals surface area contributed by atoms with E-state index in [0.717, 1.165) is 56.4 Å². The summed E-state index contributed by atoms with van der Waals surface area (Å²) in [6.07, 6.45) is 0.776. The average Bonchev–Trinajstić information content (AvgIpc) is 3.23. The molecule has 0 radical (unpaired) electrons. The monoisotopic (exact) mass is 569 g/mol. The maximum atomic E-state index is 12.9. The number of piperazine rings is 1. The van der Waals surface area contributed by atoms with E-state index in [4.69, 9.17) is 0 Å². The molecule has 2 aromatic rings. The van der Waals surface area contributed by atoms with Gasteiger partial charge in [0.05, 0.1) is 11.4 Å². The number of halogens is 1. The zero-order valence-electron chi connectivity index (χ0n) is 18.5. The van der Waals surface area contributed by atoms with E-state index in [-0.39, 0.29) is 29.7 Å². The molecule has 1 saturated heterocycles. The molecule has 2 heterocycles. The number of rotatable bonds is 6. The van der Waals surface area contributed by atoms with Gasteiger partial charge in [-0.3, -0.25) is 14.2 Å². The Hall–Kier alpha value is -1.85. The Morgan fingerprint density at radius 2 is 1.66 bits per heavy atom. The number of aliphatic imine (C=N–C) groups is 1. The molecule has 0 saturated carbocycles. The predicted octanol–water partition coefficient (Wildman–Crippen LogP) is 2.39. The number of sulfonamides is 1. The van der Waals surface area contributed by atoms with Gasteiger partial charge in [0.2, 0.25) is 10.0 Å². The van der Waals surface area contributed by atoms with Crippen LogP contribution in [0.3, 0.4) is 0 Å². The Morgan fingerprint density at radius 3 is 2.38 bits per heavy atom. The Bertz CT molecular complexity index is 1010. The molecule has 0 amide bonds. The fourth-order valence-electron chi connectivity index (χ4n) is 4.29. The van der Waals surface area contributed by atoms with E-state index in [1.165, 1.54) is 5.56 Å². The SMILES string of the molecule is CN=C(NCCS(=O)(=O)N1CCc2ccccc21)N1CCN(Cc2ccccc2)CC1.I. The van der Waals surface area contributed by atoms with Crippen molar-refractivity contribution in [3.63, 3.8) is 0 Å². The first-order chi connectivity index (χ1) is 15.1. The fraction of sp³-hybridized carbons (Fsp3) is 0.435. The normalized spacial score (nSPS) is 17.1. The maximum Gasteiger partial charge on any atom is 0.236 e. The van der Waals surface area contributed by atoms with E-state index >= 15 is 0 Å². The molecule has 0 spiro atoms. The summed E-state index contributed by atoms with van der Waals surface area (Å²) in [5.74, 6) is 0.824. The van der Waals surface area contributed by atoms with E-state index in [1.807, 2.05) is 30.3 Å². The van der Waals surface area contributed by atoms with Crippen molar-refractivity contribution in [1.82, 2.24) is 15.1 Å². The summed E-state index contributed by atoms with van der Waals surface area (Å²) in [6.45, 7) is 5.49. The molecule has 2 aliphatic rings. The molecule has 7 nitrogen and oxygen atoms in total. The molecular formula is C23H32IN5O2S. The van der Waals surface area contributed by atoms with E-state index < -0.39 is 10.0 Å². The van der Waals surface area contributed by atoms with Crippen molar-refractivity contribution in [2.75, 3.05) is 56.4 Å². The molecule has 1 fully saturated rings. The topological polar surface area (TPSA) is 68.2 Å². The van der Waals surface area contributed by atoms with Crippen molar-refractivity contribution in [3.8, 4) is 0 Å². The summed E-state index contributed by atoms with van der Waals surface area (Å²) >= 11 is 0. The second-order valence-corrected chi connectivity index (χ2v) is 10.0. The summed E-state index contributed by atoms with van der Waals surface area (Å²) in [5, 5.41) is 3.26.